The normalized spacial score (nSPS) is 18.6. The number of nitrogens with one attached hydrogen (secondary N) is 1. The molecule has 0 bridgehead atoms. The third kappa shape index (κ3) is 5.38. The molecule has 0 heterocycles. The summed E-state index contributed by atoms with van der Waals surface area (Å²) in [6.45, 7) is 2.29. The first-order valence-electron chi connectivity index (χ1n) is 7.64. The van der Waals surface area contributed by atoms with Crippen LogP contribution in [-0.2, 0) is 4.79 Å². The second-order valence-corrected chi connectivity index (χ2v) is 5.71. The maximum Gasteiger partial charge on any atom is 0.220 e. The van der Waals surface area contributed by atoms with Crippen molar-refractivity contribution in [2.45, 2.75) is 83.1 Å². The average Bonchev–Trinajstić information content (AvgIpc) is 2.39. The fraction of sp³-hybridized carbons (Fsp3) is 0.933. The number of unbranched alkanes of at least 4 members (excludes halogenated alkanes) is 4. The molecule has 0 atom stereocenters. The van der Waals surface area contributed by atoms with Gasteiger partial charge in [-0.3, -0.25) is 4.79 Å². The van der Waals surface area contributed by atoms with E-state index in [1.54, 1.807) is 0 Å². The fourth-order valence-electron chi connectivity index (χ4n) is 2.80. The van der Waals surface area contributed by atoms with Gasteiger partial charge in [0.2, 0.25) is 5.91 Å². The molecule has 18 heavy (non-hydrogen) atoms. The number of carbonyl (C=O) groups excluding carboxylic acids is 1. The van der Waals surface area contributed by atoms with Gasteiger partial charge in [-0.2, -0.15) is 0 Å². The Balaban J connectivity index is 2.20. The van der Waals surface area contributed by atoms with E-state index in [1.165, 1.54) is 25.7 Å². The molecule has 106 valence electrons. The molecular formula is C15H29NO2. The zero-order valence-electron chi connectivity index (χ0n) is 11.8. The molecule has 3 heteroatoms. The SMILES string of the molecule is CCCCCCCC(=O)NC1(CO)CCCCC1. The number of hydrogen-bond donors (Lipinski definition) is 2. The summed E-state index contributed by atoms with van der Waals surface area (Å²) in [5, 5.41) is 12.6. The minimum Gasteiger partial charge on any atom is -0.394 e. The maximum absolute atomic E-state index is 11.9. The first kappa shape index (κ1) is 15.5. The van der Waals surface area contributed by atoms with Crippen molar-refractivity contribution in [2.75, 3.05) is 6.61 Å². The van der Waals surface area contributed by atoms with Crippen molar-refractivity contribution in [1.82, 2.24) is 5.32 Å². The van der Waals surface area contributed by atoms with Gasteiger partial charge in [-0.1, -0.05) is 51.9 Å². The van der Waals surface area contributed by atoms with E-state index in [0.29, 0.717) is 6.42 Å². The van der Waals surface area contributed by atoms with Crippen LogP contribution in [-0.4, -0.2) is 23.2 Å². The van der Waals surface area contributed by atoms with E-state index in [2.05, 4.69) is 12.2 Å². The van der Waals surface area contributed by atoms with Crippen LogP contribution < -0.4 is 5.32 Å². The highest BCUT2D eigenvalue weighted by atomic mass is 16.3. The van der Waals surface area contributed by atoms with Crippen LogP contribution in [0.3, 0.4) is 0 Å². The Morgan fingerprint density at radius 3 is 2.39 bits per heavy atom. The predicted octanol–water partition coefficient (Wildman–Crippen LogP) is 3.16. The monoisotopic (exact) mass is 255 g/mol. The predicted molar refractivity (Wildman–Crippen MR) is 74.4 cm³/mol. The number of hydrogen-bond acceptors (Lipinski definition) is 2. The van der Waals surface area contributed by atoms with Gasteiger partial charge in [0, 0.05) is 6.42 Å². The average molecular weight is 255 g/mol. The Morgan fingerprint density at radius 2 is 1.78 bits per heavy atom. The second-order valence-electron chi connectivity index (χ2n) is 5.71. The zero-order valence-corrected chi connectivity index (χ0v) is 11.8. The smallest absolute Gasteiger partial charge is 0.220 e. The first-order chi connectivity index (χ1) is 8.72. The van der Waals surface area contributed by atoms with Gasteiger partial charge in [-0.05, 0) is 19.3 Å². The highest BCUT2D eigenvalue weighted by Gasteiger charge is 2.32. The molecule has 1 saturated carbocycles. The van der Waals surface area contributed by atoms with Gasteiger partial charge in [0.05, 0.1) is 12.1 Å². The van der Waals surface area contributed by atoms with Crippen LogP contribution in [0.15, 0.2) is 0 Å². The maximum atomic E-state index is 11.9. The van der Waals surface area contributed by atoms with Gasteiger partial charge < -0.3 is 10.4 Å². The van der Waals surface area contributed by atoms with E-state index >= 15 is 0 Å². The summed E-state index contributed by atoms with van der Waals surface area (Å²) in [6, 6.07) is 0. The Morgan fingerprint density at radius 1 is 1.11 bits per heavy atom. The Hall–Kier alpha value is -0.570. The summed E-state index contributed by atoms with van der Waals surface area (Å²) >= 11 is 0. The Kier molecular flexibility index (Phi) is 7.33. The van der Waals surface area contributed by atoms with Gasteiger partial charge in [0.25, 0.3) is 0 Å². The molecule has 2 N–H and O–H groups in total. The fourth-order valence-corrected chi connectivity index (χ4v) is 2.80. The topological polar surface area (TPSA) is 49.3 Å². The molecule has 1 amide bonds. The van der Waals surface area contributed by atoms with E-state index in [1.807, 2.05) is 0 Å². The molecule has 0 aromatic carbocycles. The number of amides is 1. The van der Waals surface area contributed by atoms with Crippen molar-refractivity contribution in [3.8, 4) is 0 Å². The molecule has 1 fully saturated rings. The van der Waals surface area contributed by atoms with Crippen LogP contribution in [0.1, 0.15) is 77.6 Å². The van der Waals surface area contributed by atoms with Gasteiger partial charge in [0.15, 0.2) is 0 Å². The van der Waals surface area contributed by atoms with Crippen LogP contribution in [0.5, 0.6) is 0 Å². The zero-order chi connectivity index (χ0) is 13.3. The summed E-state index contributed by atoms with van der Waals surface area (Å²) in [5.41, 5.74) is -0.307. The van der Waals surface area contributed by atoms with E-state index in [0.717, 1.165) is 38.5 Å². The van der Waals surface area contributed by atoms with Crippen molar-refractivity contribution in [3.05, 3.63) is 0 Å². The lowest BCUT2D eigenvalue weighted by Crippen LogP contribution is -2.52. The largest absolute Gasteiger partial charge is 0.394 e. The molecule has 3 nitrogen and oxygen atoms in total. The molecule has 0 aliphatic heterocycles. The molecule has 1 aliphatic rings. The first-order valence-corrected chi connectivity index (χ1v) is 7.64. The molecule has 1 rings (SSSR count). The summed E-state index contributed by atoms with van der Waals surface area (Å²) in [4.78, 5) is 11.9. The van der Waals surface area contributed by atoms with Crippen molar-refractivity contribution in [3.63, 3.8) is 0 Å². The molecule has 0 aromatic rings. The molecule has 0 radical (unpaired) electrons. The number of carbonyl (C=O) groups is 1. The minimum atomic E-state index is -0.307. The van der Waals surface area contributed by atoms with E-state index in [-0.39, 0.29) is 18.1 Å². The molecule has 0 spiro atoms. The van der Waals surface area contributed by atoms with E-state index in [4.69, 9.17) is 0 Å². The number of aliphatic hydroxyl groups is 1. The van der Waals surface area contributed by atoms with Crippen molar-refractivity contribution in [2.24, 2.45) is 0 Å². The molecule has 0 unspecified atom stereocenters. The summed E-state index contributed by atoms with van der Waals surface area (Å²) in [6.07, 6.45) is 11.8. The number of aliphatic hydroxyl groups excluding tert-OH is 1. The van der Waals surface area contributed by atoms with Gasteiger partial charge in [-0.15, -0.1) is 0 Å². The van der Waals surface area contributed by atoms with Gasteiger partial charge >= 0.3 is 0 Å². The van der Waals surface area contributed by atoms with E-state index in [9.17, 15) is 9.90 Å². The van der Waals surface area contributed by atoms with Crippen LogP contribution in [0.4, 0.5) is 0 Å². The Bertz CT molecular complexity index is 235. The Labute approximate surface area is 111 Å². The summed E-state index contributed by atoms with van der Waals surface area (Å²) < 4.78 is 0. The second kappa shape index (κ2) is 8.52. The van der Waals surface area contributed by atoms with Crippen LogP contribution in [0.2, 0.25) is 0 Å². The third-order valence-electron chi connectivity index (χ3n) is 4.03. The van der Waals surface area contributed by atoms with Crippen LogP contribution >= 0.6 is 0 Å². The number of rotatable bonds is 8. The highest BCUT2D eigenvalue weighted by molar-refractivity contribution is 5.76. The molecular weight excluding hydrogens is 226 g/mol. The van der Waals surface area contributed by atoms with Crippen molar-refractivity contribution < 1.29 is 9.90 Å². The summed E-state index contributed by atoms with van der Waals surface area (Å²) in [5.74, 6) is 0.127. The standard InChI is InChI=1S/C15H29NO2/c1-2-3-4-5-7-10-14(18)16-15(13-17)11-8-6-9-12-15/h17H,2-13H2,1H3,(H,16,18). The van der Waals surface area contributed by atoms with Crippen molar-refractivity contribution in [1.29, 1.82) is 0 Å². The summed E-state index contributed by atoms with van der Waals surface area (Å²) in [7, 11) is 0. The highest BCUT2D eigenvalue weighted by Crippen LogP contribution is 2.27. The van der Waals surface area contributed by atoms with Crippen molar-refractivity contribution >= 4 is 5.91 Å². The lowest BCUT2D eigenvalue weighted by atomic mass is 9.82. The third-order valence-corrected chi connectivity index (χ3v) is 4.03. The molecule has 0 saturated heterocycles. The van der Waals surface area contributed by atoms with Crippen LogP contribution in [0.25, 0.3) is 0 Å². The van der Waals surface area contributed by atoms with Crippen LogP contribution in [0, 0.1) is 0 Å². The molecule has 0 aromatic heterocycles. The van der Waals surface area contributed by atoms with Gasteiger partial charge in [-0.25, -0.2) is 0 Å². The quantitative estimate of drug-likeness (QED) is 0.655. The lowest BCUT2D eigenvalue weighted by Gasteiger charge is -2.36. The van der Waals surface area contributed by atoms with E-state index < -0.39 is 0 Å². The minimum absolute atomic E-state index is 0.0918. The van der Waals surface area contributed by atoms with Gasteiger partial charge in [0.1, 0.15) is 0 Å². The lowest BCUT2D eigenvalue weighted by molar-refractivity contribution is -0.124. The molecule has 1 aliphatic carbocycles.